The third-order valence-corrected chi connectivity index (χ3v) is 4.69. The Morgan fingerprint density at radius 1 is 1.10 bits per heavy atom. The molecule has 0 spiro atoms. The van der Waals surface area contributed by atoms with Crippen molar-refractivity contribution in [2.45, 2.75) is 19.4 Å². The average molecular weight is 433 g/mol. The highest BCUT2D eigenvalue weighted by atomic mass is 35.5. The molecule has 2 N–H and O–H groups in total. The molecule has 3 rings (SSSR count). The second kappa shape index (κ2) is 9.11. The average Bonchev–Trinajstić information content (AvgIpc) is 3.07. The second-order valence-corrected chi connectivity index (χ2v) is 7.06. The molecule has 29 heavy (non-hydrogen) atoms. The summed E-state index contributed by atoms with van der Waals surface area (Å²) in [7, 11) is 0. The van der Waals surface area contributed by atoms with Crippen molar-refractivity contribution >= 4 is 46.5 Å². The van der Waals surface area contributed by atoms with Crippen molar-refractivity contribution < 1.29 is 19.1 Å². The van der Waals surface area contributed by atoms with Crippen LogP contribution in [0.5, 0.6) is 0 Å². The molecule has 2 aromatic carbocycles. The molecule has 0 aromatic heterocycles. The molecule has 6 nitrogen and oxygen atoms in total. The molecule has 2 aromatic rings. The van der Waals surface area contributed by atoms with Gasteiger partial charge in [-0.25, -0.2) is 9.79 Å². The fourth-order valence-corrected chi connectivity index (χ4v) is 3.12. The number of allylic oxidation sites excluding steroid dienone is 1. The van der Waals surface area contributed by atoms with Crippen molar-refractivity contribution in [1.29, 1.82) is 0 Å². The number of nitrogens with zero attached hydrogens (tertiary/aromatic N) is 1. The van der Waals surface area contributed by atoms with Gasteiger partial charge in [0.25, 0.3) is 5.91 Å². The lowest BCUT2D eigenvalue weighted by Crippen LogP contribution is -2.25. The summed E-state index contributed by atoms with van der Waals surface area (Å²) >= 11 is 11.9. The molecular weight excluding hydrogens is 415 g/mol. The van der Waals surface area contributed by atoms with Crippen molar-refractivity contribution in [3.05, 3.63) is 75.5 Å². The molecule has 1 atom stereocenters. The zero-order chi connectivity index (χ0) is 21.0. The Kier molecular flexibility index (Phi) is 6.56. The zero-order valence-electron chi connectivity index (χ0n) is 15.5. The van der Waals surface area contributed by atoms with Crippen LogP contribution in [0.15, 0.2) is 64.9 Å². The molecule has 1 heterocycles. The van der Waals surface area contributed by atoms with Gasteiger partial charge in [-0.1, -0.05) is 35.3 Å². The molecular formula is C21H18Cl2N2O4. The van der Waals surface area contributed by atoms with Crippen LogP contribution in [0, 0.1) is 0 Å². The Morgan fingerprint density at radius 3 is 2.24 bits per heavy atom. The van der Waals surface area contributed by atoms with Crippen LogP contribution in [0.2, 0.25) is 10.0 Å². The quantitative estimate of drug-likeness (QED) is 0.325. The van der Waals surface area contributed by atoms with Crippen LogP contribution in [0.1, 0.15) is 25.0 Å². The lowest BCUT2D eigenvalue weighted by Gasteiger charge is -2.12. The highest BCUT2D eigenvalue weighted by Gasteiger charge is 2.36. The van der Waals surface area contributed by atoms with E-state index in [4.69, 9.17) is 38.4 Å². The van der Waals surface area contributed by atoms with E-state index in [1.807, 2.05) is 12.1 Å². The van der Waals surface area contributed by atoms with Gasteiger partial charge in [-0.05, 0) is 48.9 Å². The predicted octanol–water partition coefficient (Wildman–Crippen LogP) is 4.53. The van der Waals surface area contributed by atoms with Crippen LogP contribution >= 0.6 is 23.2 Å². The first-order valence-electron chi connectivity index (χ1n) is 8.86. The van der Waals surface area contributed by atoms with Crippen LogP contribution in [0.4, 0.5) is 5.69 Å². The van der Waals surface area contributed by atoms with Crippen molar-refractivity contribution in [2.24, 2.45) is 10.7 Å². The van der Waals surface area contributed by atoms with Crippen LogP contribution in [-0.4, -0.2) is 24.2 Å². The third kappa shape index (κ3) is 4.96. The maximum absolute atomic E-state index is 12.4. The lowest BCUT2D eigenvalue weighted by molar-refractivity contribution is -0.140. The molecule has 0 radical (unpaired) electrons. The molecule has 0 bridgehead atoms. The smallest absolute Gasteiger partial charge is 0.347 e. The van der Waals surface area contributed by atoms with Gasteiger partial charge < -0.3 is 15.2 Å². The number of hydrogen-bond donors (Lipinski definition) is 1. The predicted molar refractivity (Wildman–Crippen MR) is 111 cm³/mol. The van der Waals surface area contributed by atoms with E-state index >= 15 is 0 Å². The highest BCUT2D eigenvalue weighted by molar-refractivity contribution is 6.31. The number of hydrogen-bond acceptors (Lipinski definition) is 5. The Balaban J connectivity index is 2.08. The van der Waals surface area contributed by atoms with Gasteiger partial charge in [0.05, 0.1) is 18.0 Å². The molecule has 8 heteroatoms. The number of rotatable bonds is 5. The number of primary amides is 1. The summed E-state index contributed by atoms with van der Waals surface area (Å²) in [5.74, 6) is -1.78. The fraction of sp³-hybridized carbons (Fsp3) is 0.190. The summed E-state index contributed by atoms with van der Waals surface area (Å²) in [5, 5.41) is 1.15. The van der Waals surface area contributed by atoms with E-state index in [1.165, 1.54) is 0 Å². The van der Waals surface area contributed by atoms with Gasteiger partial charge in [-0.2, -0.15) is 0 Å². The normalized spacial score (nSPS) is 19.0. The maximum Gasteiger partial charge on any atom is 0.347 e. The highest BCUT2D eigenvalue weighted by Crippen LogP contribution is 2.37. The number of carbonyl (C=O) groups excluding carboxylic acids is 2. The molecule has 1 amide bonds. The van der Waals surface area contributed by atoms with Gasteiger partial charge in [0.1, 0.15) is 6.10 Å². The van der Waals surface area contributed by atoms with Crippen LogP contribution in [0.3, 0.4) is 0 Å². The van der Waals surface area contributed by atoms with Crippen molar-refractivity contribution in [2.75, 3.05) is 6.61 Å². The molecule has 0 aliphatic carbocycles. The largest absolute Gasteiger partial charge is 0.482 e. The van der Waals surface area contributed by atoms with Crippen molar-refractivity contribution in [3.8, 4) is 0 Å². The first kappa shape index (κ1) is 20.9. The van der Waals surface area contributed by atoms with E-state index in [0.717, 1.165) is 5.56 Å². The van der Waals surface area contributed by atoms with Crippen molar-refractivity contribution in [3.63, 3.8) is 0 Å². The Hall–Kier alpha value is -2.83. The summed E-state index contributed by atoms with van der Waals surface area (Å²) in [6.07, 6.45) is -0.132. The number of ether oxygens (including phenoxy) is 2. The Labute approximate surface area is 177 Å². The minimum atomic E-state index is -0.945. The van der Waals surface area contributed by atoms with Crippen LogP contribution in [0.25, 0.3) is 0 Å². The molecule has 0 saturated carbocycles. The van der Waals surface area contributed by atoms with E-state index in [2.05, 4.69) is 4.99 Å². The number of aliphatic imine (C=N–C) groups is 1. The van der Waals surface area contributed by atoms with Crippen LogP contribution < -0.4 is 5.73 Å². The third-order valence-electron chi connectivity index (χ3n) is 4.19. The van der Waals surface area contributed by atoms with E-state index in [-0.39, 0.29) is 17.9 Å². The Morgan fingerprint density at radius 2 is 1.69 bits per heavy atom. The van der Waals surface area contributed by atoms with E-state index < -0.39 is 18.0 Å². The first-order valence-corrected chi connectivity index (χ1v) is 9.61. The van der Waals surface area contributed by atoms with Crippen LogP contribution in [-0.2, 0) is 19.1 Å². The van der Waals surface area contributed by atoms with E-state index in [9.17, 15) is 9.59 Å². The van der Waals surface area contributed by atoms with Gasteiger partial charge in [0, 0.05) is 16.5 Å². The first-order chi connectivity index (χ1) is 13.9. The number of benzene rings is 2. The van der Waals surface area contributed by atoms with Gasteiger partial charge in [0.2, 0.25) is 0 Å². The summed E-state index contributed by atoms with van der Waals surface area (Å²) in [6, 6.07) is 13.9. The summed E-state index contributed by atoms with van der Waals surface area (Å²) < 4.78 is 10.9. The van der Waals surface area contributed by atoms with E-state index in [1.54, 1.807) is 43.3 Å². The standard InChI is InChI=1S/C21H18Cl2N2O4/c1-2-28-21(27)18(20(24)26)19-16(25-15-9-7-14(23)8-10-15)11-17(29-19)12-3-5-13(22)6-4-12/h3-10,17H,2,11H2,1H3,(H2,24,26)/b19-18-,25-16?. The minimum absolute atomic E-state index is 0.0193. The monoisotopic (exact) mass is 432 g/mol. The molecule has 1 aliphatic rings. The SMILES string of the molecule is CCOC(=O)/C(C(N)=O)=C1\OC(c2ccc(Cl)cc2)CC1=Nc1ccc(Cl)cc1. The topological polar surface area (TPSA) is 91.0 Å². The number of nitrogens with two attached hydrogens (primary N) is 1. The summed E-state index contributed by atoms with van der Waals surface area (Å²) in [5.41, 5.74) is 6.92. The molecule has 1 saturated heterocycles. The maximum atomic E-state index is 12.4. The molecule has 1 fully saturated rings. The number of carbonyl (C=O) groups is 2. The van der Waals surface area contributed by atoms with Gasteiger partial charge >= 0.3 is 5.97 Å². The Bertz CT molecular complexity index is 983. The molecule has 1 aliphatic heterocycles. The van der Waals surface area contributed by atoms with Crippen molar-refractivity contribution in [1.82, 2.24) is 0 Å². The summed E-state index contributed by atoms with van der Waals surface area (Å²) in [6.45, 7) is 1.73. The van der Waals surface area contributed by atoms with E-state index in [0.29, 0.717) is 27.9 Å². The van der Waals surface area contributed by atoms with Gasteiger partial charge in [0.15, 0.2) is 11.3 Å². The zero-order valence-corrected chi connectivity index (χ0v) is 17.0. The lowest BCUT2D eigenvalue weighted by atomic mass is 10.0. The fourth-order valence-electron chi connectivity index (χ4n) is 2.86. The number of esters is 1. The summed E-state index contributed by atoms with van der Waals surface area (Å²) in [4.78, 5) is 28.9. The second-order valence-electron chi connectivity index (χ2n) is 6.19. The number of halogens is 2. The van der Waals surface area contributed by atoms with Gasteiger partial charge in [-0.3, -0.25) is 4.79 Å². The molecule has 150 valence electrons. The van der Waals surface area contributed by atoms with Gasteiger partial charge in [-0.15, -0.1) is 0 Å². The minimum Gasteiger partial charge on any atom is -0.482 e. The molecule has 1 unspecified atom stereocenters. The number of amides is 1.